The topological polar surface area (TPSA) is 99.7 Å². The molecule has 2 N–H and O–H groups in total. The number of ether oxygens (including phenoxy) is 1. The highest BCUT2D eigenvalue weighted by Gasteiger charge is 2.69. The first-order chi connectivity index (χ1) is 15.4. The quantitative estimate of drug-likeness (QED) is 0.503. The molecule has 4 aliphatic rings. The fourth-order valence-corrected chi connectivity index (χ4v) is 9.89. The lowest BCUT2D eigenvalue weighted by Crippen LogP contribution is -2.42. The van der Waals surface area contributed by atoms with Crippen LogP contribution in [0.15, 0.2) is 29.3 Å². The number of aromatic nitrogens is 1. The van der Waals surface area contributed by atoms with Gasteiger partial charge in [-0.1, -0.05) is 12.1 Å². The lowest BCUT2D eigenvalue weighted by molar-refractivity contribution is -0.149. The Morgan fingerprint density at radius 1 is 1.22 bits per heavy atom. The molecule has 2 aromatic rings. The molecule has 0 spiro atoms. The van der Waals surface area contributed by atoms with Crippen LogP contribution in [-0.4, -0.2) is 51.7 Å². The van der Waals surface area contributed by atoms with E-state index in [2.05, 4.69) is 17.1 Å². The van der Waals surface area contributed by atoms with Gasteiger partial charge in [-0.3, -0.25) is 19.3 Å². The maximum atomic E-state index is 13.2. The fourth-order valence-electron chi connectivity index (χ4n) is 6.55. The number of rotatable bonds is 4. The van der Waals surface area contributed by atoms with Crippen LogP contribution in [0.25, 0.3) is 0 Å². The monoisotopic (exact) mass is 488 g/mol. The summed E-state index contributed by atoms with van der Waals surface area (Å²) in [5.74, 6) is -1.42. The van der Waals surface area contributed by atoms with E-state index in [-0.39, 0.29) is 40.7 Å². The normalized spacial score (nSPS) is 34.4. The van der Waals surface area contributed by atoms with Gasteiger partial charge < -0.3 is 14.8 Å². The Kier molecular flexibility index (Phi) is 4.58. The van der Waals surface area contributed by atoms with Gasteiger partial charge in [0.05, 0.1) is 24.0 Å². The third-order valence-electron chi connectivity index (χ3n) is 7.58. The number of fused-ring (bicyclic) bond motifs is 9. The van der Waals surface area contributed by atoms with E-state index in [1.54, 1.807) is 30.2 Å². The maximum absolute atomic E-state index is 13.2. The molecule has 10 heteroatoms. The SMILES string of the molecule is COc1ccc([C@@H]2c3sc(=S)[nH]c3S[C@H]3[C@@H]4C[C@H]([C@H]5C(=O)N(CC(=O)O)C(=O)[C@H]45)[C@H]23)cc1. The molecule has 1 aromatic heterocycles. The third-order valence-corrected chi connectivity index (χ3v) is 10.5. The molecule has 1 aromatic carbocycles. The van der Waals surface area contributed by atoms with Crippen LogP contribution >= 0.6 is 35.3 Å². The number of nitrogens with zero attached hydrogens (tertiary/aromatic N) is 1. The van der Waals surface area contributed by atoms with E-state index in [4.69, 9.17) is 17.0 Å². The molecule has 2 saturated carbocycles. The van der Waals surface area contributed by atoms with Gasteiger partial charge in [-0.2, -0.15) is 0 Å². The highest BCUT2D eigenvalue weighted by Crippen LogP contribution is 2.68. The van der Waals surface area contributed by atoms with Crippen molar-refractivity contribution >= 4 is 53.1 Å². The number of carboxylic acid groups (broad SMARTS) is 1. The molecular formula is C22H20N2O5S3. The predicted octanol–water partition coefficient (Wildman–Crippen LogP) is 3.37. The number of carboxylic acids is 1. The van der Waals surface area contributed by atoms with Crippen molar-refractivity contribution in [2.24, 2.45) is 29.6 Å². The first-order valence-electron chi connectivity index (χ1n) is 10.5. The van der Waals surface area contributed by atoms with Crippen molar-refractivity contribution in [1.82, 2.24) is 9.88 Å². The minimum Gasteiger partial charge on any atom is -0.497 e. The minimum absolute atomic E-state index is 0.0497. The summed E-state index contributed by atoms with van der Waals surface area (Å²) in [6.45, 7) is -0.547. The molecule has 2 aliphatic carbocycles. The number of carbonyl (C=O) groups excluding carboxylic acids is 2. The van der Waals surface area contributed by atoms with Gasteiger partial charge in [0.25, 0.3) is 0 Å². The average molecular weight is 489 g/mol. The molecule has 7 atom stereocenters. The van der Waals surface area contributed by atoms with Gasteiger partial charge in [-0.25, -0.2) is 0 Å². The smallest absolute Gasteiger partial charge is 0.323 e. The molecule has 32 heavy (non-hydrogen) atoms. The van der Waals surface area contributed by atoms with E-state index in [9.17, 15) is 19.5 Å². The van der Waals surface area contributed by atoms with Crippen molar-refractivity contribution in [2.45, 2.75) is 22.6 Å². The molecule has 3 fully saturated rings. The molecule has 1 saturated heterocycles. The largest absolute Gasteiger partial charge is 0.497 e. The molecule has 2 bridgehead atoms. The number of hydrogen-bond acceptors (Lipinski definition) is 7. The van der Waals surface area contributed by atoms with Gasteiger partial charge in [0.1, 0.15) is 12.3 Å². The summed E-state index contributed by atoms with van der Waals surface area (Å²) < 4.78 is 6.06. The highest BCUT2D eigenvalue weighted by atomic mass is 32.2. The number of H-pyrrole nitrogens is 1. The second-order valence-corrected chi connectivity index (χ2v) is 11.8. The predicted molar refractivity (Wildman–Crippen MR) is 120 cm³/mol. The summed E-state index contributed by atoms with van der Waals surface area (Å²) >= 11 is 8.79. The van der Waals surface area contributed by atoms with Gasteiger partial charge >= 0.3 is 5.97 Å². The zero-order valence-corrected chi connectivity index (χ0v) is 19.5. The number of aliphatic carboxylic acids is 1. The maximum Gasteiger partial charge on any atom is 0.323 e. The molecule has 166 valence electrons. The molecular weight excluding hydrogens is 468 g/mol. The molecule has 2 aliphatic heterocycles. The Bertz CT molecular complexity index is 1200. The summed E-state index contributed by atoms with van der Waals surface area (Å²) in [5, 5.41) is 10.4. The van der Waals surface area contributed by atoms with Crippen molar-refractivity contribution in [2.75, 3.05) is 13.7 Å². The number of benzene rings is 1. The Morgan fingerprint density at radius 2 is 1.91 bits per heavy atom. The van der Waals surface area contributed by atoms with Crippen molar-refractivity contribution in [3.63, 3.8) is 0 Å². The average Bonchev–Trinajstić information content (AvgIpc) is 3.49. The Hall–Kier alpha value is -2.17. The standard InChI is InChI=1S/C22H20N2O5S3/c1-29-9-4-2-8(3-5-9)13-14-10-6-11(17(14)31-19-18(13)32-22(30)23-19)16-15(10)20(27)24(21(16)28)7-12(25)26/h2-5,10-11,13-17H,6-7H2,1H3,(H,23,30)(H,25,26)/t10-,11+,13-,14+,15+,16+,17-/m0/s1. The van der Waals surface area contributed by atoms with E-state index in [1.807, 2.05) is 12.1 Å². The molecule has 3 heterocycles. The van der Waals surface area contributed by atoms with Gasteiger partial charge in [0.2, 0.25) is 11.8 Å². The van der Waals surface area contributed by atoms with Crippen LogP contribution in [0.4, 0.5) is 0 Å². The Balaban J connectivity index is 1.44. The number of nitrogens with one attached hydrogen (secondary N) is 1. The zero-order chi connectivity index (χ0) is 22.3. The molecule has 0 radical (unpaired) electrons. The molecule has 6 rings (SSSR count). The number of likely N-dealkylation sites (tertiary alicyclic amines) is 1. The summed E-state index contributed by atoms with van der Waals surface area (Å²) in [4.78, 5) is 43.0. The summed E-state index contributed by atoms with van der Waals surface area (Å²) in [5.41, 5.74) is 1.15. The van der Waals surface area contributed by atoms with Crippen molar-refractivity contribution in [3.8, 4) is 5.75 Å². The van der Waals surface area contributed by atoms with Crippen molar-refractivity contribution in [1.29, 1.82) is 0 Å². The van der Waals surface area contributed by atoms with Gasteiger partial charge in [-0.05, 0) is 54.1 Å². The van der Waals surface area contributed by atoms with E-state index in [0.29, 0.717) is 0 Å². The lowest BCUT2D eigenvalue weighted by Gasteiger charge is -2.43. The van der Waals surface area contributed by atoms with Gasteiger partial charge in [0.15, 0.2) is 3.95 Å². The van der Waals surface area contributed by atoms with Crippen LogP contribution in [0.3, 0.4) is 0 Å². The number of amides is 2. The number of aromatic amines is 1. The number of hydrogen-bond donors (Lipinski definition) is 2. The highest BCUT2D eigenvalue weighted by molar-refractivity contribution is 8.00. The fraction of sp³-hybridized carbons (Fsp3) is 0.455. The minimum atomic E-state index is -1.16. The second-order valence-electron chi connectivity index (χ2n) is 8.89. The number of carbonyl (C=O) groups is 3. The summed E-state index contributed by atoms with van der Waals surface area (Å²) in [6.07, 6.45) is 0.832. The molecule has 0 unspecified atom stereocenters. The van der Waals surface area contributed by atoms with Crippen LogP contribution in [0, 0.1) is 33.5 Å². The van der Waals surface area contributed by atoms with Crippen LogP contribution in [0.5, 0.6) is 5.75 Å². The van der Waals surface area contributed by atoms with Crippen molar-refractivity contribution < 1.29 is 24.2 Å². The third kappa shape index (κ3) is 2.72. The number of methoxy groups -OCH3 is 1. The van der Waals surface area contributed by atoms with Crippen LogP contribution in [0.1, 0.15) is 22.8 Å². The molecule has 2 amide bonds. The summed E-state index contributed by atoms with van der Waals surface area (Å²) in [7, 11) is 1.64. The Morgan fingerprint density at radius 3 is 2.56 bits per heavy atom. The zero-order valence-electron chi connectivity index (χ0n) is 17.0. The van der Waals surface area contributed by atoms with Gasteiger partial charge in [0, 0.05) is 16.0 Å². The molecule has 7 nitrogen and oxygen atoms in total. The van der Waals surface area contributed by atoms with E-state index in [0.717, 1.165) is 31.6 Å². The first kappa shape index (κ1) is 20.4. The lowest BCUT2D eigenvalue weighted by atomic mass is 9.68. The van der Waals surface area contributed by atoms with Gasteiger partial charge in [-0.15, -0.1) is 23.1 Å². The van der Waals surface area contributed by atoms with E-state index < -0.39 is 24.3 Å². The summed E-state index contributed by atoms with van der Waals surface area (Å²) in [6, 6.07) is 8.05. The van der Waals surface area contributed by atoms with E-state index in [1.165, 1.54) is 4.88 Å². The van der Waals surface area contributed by atoms with Crippen LogP contribution < -0.4 is 4.74 Å². The Labute approximate surface area is 197 Å². The number of imide groups is 1. The van der Waals surface area contributed by atoms with Crippen molar-refractivity contribution in [3.05, 3.63) is 38.7 Å². The number of thioether (sulfide) groups is 1. The van der Waals surface area contributed by atoms with Crippen LogP contribution in [0.2, 0.25) is 0 Å². The first-order valence-corrected chi connectivity index (χ1v) is 12.6. The second kappa shape index (κ2) is 7.16. The number of thiazole rings is 1. The van der Waals surface area contributed by atoms with E-state index >= 15 is 0 Å². The van der Waals surface area contributed by atoms with Crippen LogP contribution in [-0.2, 0) is 14.4 Å².